The van der Waals surface area contributed by atoms with Crippen molar-refractivity contribution >= 4 is 16.8 Å². The van der Waals surface area contributed by atoms with Crippen LogP contribution in [0.25, 0.3) is 11.1 Å². The number of nitrogens with two attached hydrogens (primary N) is 1. The van der Waals surface area contributed by atoms with Gasteiger partial charge in [-0.3, -0.25) is 4.39 Å². The molecule has 3 heteroatoms. The van der Waals surface area contributed by atoms with E-state index in [2.05, 4.69) is 79.4 Å². The van der Waals surface area contributed by atoms with Crippen molar-refractivity contribution in [1.29, 1.82) is 0 Å². The second-order valence-corrected chi connectivity index (χ2v) is 13.0. The molecule has 1 fully saturated rings. The van der Waals surface area contributed by atoms with Crippen LogP contribution in [0.2, 0.25) is 0 Å². The van der Waals surface area contributed by atoms with Gasteiger partial charge in [0, 0.05) is 18.8 Å². The molecule has 1 heterocycles. The predicted molar refractivity (Wildman–Crippen MR) is 163 cm³/mol. The number of halogens is 1. The highest BCUT2D eigenvalue weighted by atomic mass is 19.1. The number of likely N-dealkylation sites (tertiary alicyclic amines) is 1. The molecule has 1 aliphatic heterocycles. The predicted octanol–water partition coefficient (Wildman–Crippen LogP) is 7.91. The molecule has 0 bridgehead atoms. The highest BCUT2D eigenvalue weighted by Gasteiger charge is 2.29. The van der Waals surface area contributed by atoms with Crippen LogP contribution in [-0.2, 0) is 25.7 Å². The van der Waals surface area contributed by atoms with Crippen LogP contribution in [0.3, 0.4) is 0 Å². The van der Waals surface area contributed by atoms with E-state index < -0.39 is 0 Å². The summed E-state index contributed by atoms with van der Waals surface area (Å²) in [5.74, 6) is 0.669. The maximum Gasteiger partial charge on any atom is 0.0906 e. The minimum atomic E-state index is -0.209. The number of nitrogen functional groups attached to an aromatic ring is 1. The molecule has 2 aliphatic carbocycles. The second-order valence-electron chi connectivity index (χ2n) is 13.0. The van der Waals surface area contributed by atoms with E-state index in [1.807, 2.05) is 0 Å². The van der Waals surface area contributed by atoms with Crippen LogP contribution in [-0.4, -0.2) is 31.2 Å². The summed E-state index contributed by atoms with van der Waals surface area (Å²) in [7, 11) is 0. The first-order valence-electron chi connectivity index (χ1n) is 15.0. The van der Waals surface area contributed by atoms with Crippen LogP contribution in [0.15, 0.2) is 60.7 Å². The average molecular weight is 523 g/mol. The standard InChI is InChI=1S/C36H43FN2/c1-36(2)22-30-12-11-29(20-31(30)23-36)33-6-3-5-28-21-32(38)13-14-34(28)35(33)27-9-7-25(8-10-27)19-26-15-18-39(24-26)17-4-16-37/h7-14,20-21,26H,3-6,15-19,22-24,38H2,1-2H3. The Morgan fingerprint density at radius 2 is 1.69 bits per heavy atom. The normalized spacial score (nSPS) is 20.6. The number of hydrogen-bond acceptors (Lipinski definition) is 2. The monoisotopic (exact) mass is 522 g/mol. The molecule has 2 N–H and O–H groups in total. The molecule has 1 atom stereocenters. The van der Waals surface area contributed by atoms with E-state index in [1.54, 1.807) is 0 Å². The van der Waals surface area contributed by atoms with Gasteiger partial charge in [-0.1, -0.05) is 62.4 Å². The Balaban J connectivity index is 1.34. The molecule has 39 heavy (non-hydrogen) atoms. The number of aryl methyl sites for hydroxylation is 1. The number of alkyl halides is 1. The third kappa shape index (κ3) is 5.70. The third-order valence-electron chi connectivity index (χ3n) is 9.21. The van der Waals surface area contributed by atoms with E-state index in [9.17, 15) is 4.39 Å². The van der Waals surface area contributed by atoms with Gasteiger partial charge in [-0.2, -0.15) is 0 Å². The largest absolute Gasteiger partial charge is 0.399 e. The molecule has 3 aliphatic rings. The highest BCUT2D eigenvalue weighted by molar-refractivity contribution is 6.00. The number of anilines is 1. The molecule has 0 amide bonds. The van der Waals surface area contributed by atoms with E-state index in [4.69, 9.17) is 5.73 Å². The fourth-order valence-electron chi connectivity index (χ4n) is 7.38. The SMILES string of the molecule is CC1(C)Cc2ccc(C3=C(c4ccc(CC5CCN(CCCF)C5)cc4)c4ccc(N)cc4CCC3)cc2C1. The number of nitrogens with zero attached hydrogens (tertiary/aromatic N) is 1. The van der Waals surface area contributed by atoms with Crippen LogP contribution < -0.4 is 5.73 Å². The lowest BCUT2D eigenvalue weighted by molar-refractivity contribution is 0.301. The van der Waals surface area contributed by atoms with Crippen molar-refractivity contribution in [3.05, 3.63) is 99.6 Å². The zero-order valence-electron chi connectivity index (χ0n) is 23.7. The summed E-state index contributed by atoms with van der Waals surface area (Å²) in [6, 6.07) is 23.1. The number of benzene rings is 3. The Kier molecular flexibility index (Phi) is 7.37. The lowest BCUT2D eigenvalue weighted by Gasteiger charge is -2.18. The number of hydrogen-bond donors (Lipinski definition) is 1. The third-order valence-corrected chi connectivity index (χ3v) is 9.21. The fraction of sp³-hybridized carbons (Fsp3) is 0.444. The zero-order valence-corrected chi connectivity index (χ0v) is 23.7. The van der Waals surface area contributed by atoms with Gasteiger partial charge in [0.25, 0.3) is 0 Å². The summed E-state index contributed by atoms with van der Waals surface area (Å²) in [5, 5.41) is 0. The first kappa shape index (κ1) is 26.3. The summed E-state index contributed by atoms with van der Waals surface area (Å²) in [5.41, 5.74) is 20.1. The van der Waals surface area contributed by atoms with Crippen LogP contribution in [0.1, 0.15) is 78.5 Å². The molecule has 3 aromatic rings. The van der Waals surface area contributed by atoms with Gasteiger partial charge in [0.1, 0.15) is 0 Å². The summed E-state index contributed by atoms with van der Waals surface area (Å²) in [6.07, 6.45) is 8.58. The second kappa shape index (κ2) is 10.9. The molecule has 0 radical (unpaired) electrons. The topological polar surface area (TPSA) is 29.3 Å². The molecular weight excluding hydrogens is 479 g/mol. The summed E-state index contributed by atoms with van der Waals surface area (Å²) >= 11 is 0. The Labute approximate surface area is 234 Å². The van der Waals surface area contributed by atoms with Gasteiger partial charge in [0.15, 0.2) is 0 Å². The number of allylic oxidation sites excluding steroid dienone is 1. The average Bonchev–Trinajstić information content (AvgIpc) is 3.43. The Bertz CT molecular complexity index is 1370. The minimum Gasteiger partial charge on any atom is -0.399 e. The summed E-state index contributed by atoms with van der Waals surface area (Å²) in [4.78, 5) is 2.43. The molecule has 204 valence electrons. The van der Waals surface area contributed by atoms with Crippen molar-refractivity contribution in [3.8, 4) is 0 Å². The molecule has 1 unspecified atom stereocenters. The quantitative estimate of drug-likeness (QED) is 0.319. The minimum absolute atomic E-state index is 0.209. The van der Waals surface area contributed by atoms with Crippen LogP contribution in [0, 0.1) is 11.3 Å². The van der Waals surface area contributed by atoms with Gasteiger partial charge in [-0.25, -0.2) is 0 Å². The summed E-state index contributed by atoms with van der Waals surface area (Å²) < 4.78 is 12.6. The van der Waals surface area contributed by atoms with Crippen molar-refractivity contribution in [3.63, 3.8) is 0 Å². The summed E-state index contributed by atoms with van der Waals surface area (Å²) in [6.45, 7) is 7.67. The van der Waals surface area contributed by atoms with E-state index in [0.29, 0.717) is 17.8 Å². The number of rotatable bonds is 7. The fourth-order valence-corrected chi connectivity index (χ4v) is 7.38. The maximum atomic E-state index is 12.6. The van der Waals surface area contributed by atoms with Crippen LogP contribution >= 0.6 is 0 Å². The van der Waals surface area contributed by atoms with Crippen molar-refractivity contribution in [1.82, 2.24) is 4.90 Å². The van der Waals surface area contributed by atoms with E-state index in [0.717, 1.165) is 57.4 Å². The van der Waals surface area contributed by atoms with E-state index >= 15 is 0 Å². The van der Waals surface area contributed by atoms with Gasteiger partial charge >= 0.3 is 0 Å². The van der Waals surface area contributed by atoms with E-state index in [1.165, 1.54) is 62.9 Å². The highest BCUT2D eigenvalue weighted by Crippen LogP contribution is 2.43. The smallest absolute Gasteiger partial charge is 0.0906 e. The van der Waals surface area contributed by atoms with Crippen molar-refractivity contribution in [2.24, 2.45) is 11.3 Å². The lowest BCUT2D eigenvalue weighted by atomic mass is 9.86. The molecule has 0 aromatic heterocycles. The van der Waals surface area contributed by atoms with E-state index in [-0.39, 0.29) is 6.67 Å². The molecule has 0 saturated carbocycles. The molecule has 6 rings (SSSR count). The first-order valence-corrected chi connectivity index (χ1v) is 15.0. The molecule has 1 saturated heterocycles. The van der Waals surface area contributed by atoms with Gasteiger partial charge in [-0.15, -0.1) is 0 Å². The Morgan fingerprint density at radius 3 is 2.51 bits per heavy atom. The molecule has 0 spiro atoms. The number of fused-ring (bicyclic) bond motifs is 2. The van der Waals surface area contributed by atoms with Gasteiger partial charge in [-0.05, 0) is 131 Å². The maximum absolute atomic E-state index is 12.6. The zero-order chi connectivity index (χ0) is 27.0. The molecule has 2 nitrogen and oxygen atoms in total. The van der Waals surface area contributed by atoms with Crippen LogP contribution in [0.5, 0.6) is 0 Å². The lowest BCUT2D eigenvalue weighted by Crippen LogP contribution is -2.22. The van der Waals surface area contributed by atoms with Crippen molar-refractivity contribution in [2.45, 2.75) is 65.2 Å². The van der Waals surface area contributed by atoms with Gasteiger partial charge in [0.05, 0.1) is 6.67 Å². The Morgan fingerprint density at radius 1 is 0.897 bits per heavy atom. The van der Waals surface area contributed by atoms with Gasteiger partial charge in [0.2, 0.25) is 0 Å². The van der Waals surface area contributed by atoms with Gasteiger partial charge < -0.3 is 10.6 Å². The Hall–Kier alpha value is -2.91. The van der Waals surface area contributed by atoms with Crippen LogP contribution in [0.4, 0.5) is 10.1 Å². The van der Waals surface area contributed by atoms with Crippen molar-refractivity contribution < 1.29 is 4.39 Å². The van der Waals surface area contributed by atoms with Crippen molar-refractivity contribution in [2.75, 3.05) is 32.0 Å². The molecular formula is C36H43FN2. The molecule has 3 aromatic carbocycles. The first-order chi connectivity index (χ1) is 18.9.